The molecule has 136 valence electrons. The highest BCUT2D eigenvalue weighted by Gasteiger charge is 2.57. The van der Waals surface area contributed by atoms with E-state index in [4.69, 9.17) is 9.47 Å². The summed E-state index contributed by atoms with van der Waals surface area (Å²) in [6.45, 7) is 1.91. The number of carbonyl (C=O) groups excluding carboxylic acids is 2. The van der Waals surface area contributed by atoms with Crippen molar-refractivity contribution in [3.63, 3.8) is 0 Å². The lowest BCUT2D eigenvalue weighted by atomic mass is 9.92. The van der Waals surface area contributed by atoms with Crippen LogP contribution in [0.3, 0.4) is 0 Å². The Morgan fingerprint density at radius 1 is 1.16 bits per heavy atom. The zero-order valence-electron chi connectivity index (χ0n) is 14.7. The average molecular weight is 347 g/mol. The van der Waals surface area contributed by atoms with Crippen LogP contribution in [0.5, 0.6) is 11.5 Å². The predicted octanol–water partition coefficient (Wildman–Crippen LogP) is 1.15. The maximum atomic E-state index is 12.3. The summed E-state index contributed by atoms with van der Waals surface area (Å²) < 4.78 is 10.3. The molecule has 1 aromatic carbocycles. The van der Waals surface area contributed by atoms with Crippen LogP contribution < -0.4 is 25.4 Å². The van der Waals surface area contributed by atoms with Gasteiger partial charge in [-0.3, -0.25) is 9.59 Å². The van der Waals surface area contributed by atoms with Crippen molar-refractivity contribution in [1.82, 2.24) is 10.6 Å². The number of amides is 2. The van der Waals surface area contributed by atoms with Crippen molar-refractivity contribution in [2.45, 2.75) is 19.3 Å². The van der Waals surface area contributed by atoms with Crippen LogP contribution in [0.2, 0.25) is 0 Å². The first-order chi connectivity index (χ1) is 12.1. The lowest BCUT2D eigenvalue weighted by molar-refractivity contribution is -0.125. The first-order valence-electron chi connectivity index (χ1n) is 8.58. The Morgan fingerprint density at radius 3 is 2.40 bits per heavy atom. The largest absolute Gasteiger partial charge is 0.497 e. The van der Waals surface area contributed by atoms with Gasteiger partial charge >= 0.3 is 0 Å². The van der Waals surface area contributed by atoms with Crippen LogP contribution in [-0.2, 0) is 9.59 Å². The van der Waals surface area contributed by atoms with E-state index in [0.717, 1.165) is 32.4 Å². The Morgan fingerprint density at radius 2 is 1.80 bits per heavy atom. The highest BCUT2D eigenvalue weighted by atomic mass is 16.5. The Kier molecular flexibility index (Phi) is 5.13. The van der Waals surface area contributed by atoms with Gasteiger partial charge in [0.25, 0.3) is 0 Å². The van der Waals surface area contributed by atoms with Gasteiger partial charge in [-0.1, -0.05) is 0 Å². The number of piperidine rings is 1. The number of benzene rings is 1. The van der Waals surface area contributed by atoms with E-state index >= 15 is 0 Å². The Bertz CT molecular complexity index is 633. The van der Waals surface area contributed by atoms with E-state index in [1.807, 2.05) is 0 Å². The summed E-state index contributed by atoms with van der Waals surface area (Å²) >= 11 is 0. The topological polar surface area (TPSA) is 88.7 Å². The van der Waals surface area contributed by atoms with Crippen molar-refractivity contribution in [3.8, 4) is 11.5 Å². The summed E-state index contributed by atoms with van der Waals surface area (Å²) in [7, 11) is 3.10. The van der Waals surface area contributed by atoms with E-state index in [2.05, 4.69) is 16.0 Å². The molecule has 7 nitrogen and oxygen atoms in total. The van der Waals surface area contributed by atoms with Crippen molar-refractivity contribution >= 4 is 17.5 Å². The summed E-state index contributed by atoms with van der Waals surface area (Å²) in [5.74, 6) is 0.942. The number of anilines is 1. The summed E-state index contributed by atoms with van der Waals surface area (Å²) in [4.78, 5) is 24.4. The number of ether oxygens (including phenoxy) is 2. The molecule has 25 heavy (non-hydrogen) atoms. The number of nitrogens with one attached hydrogen (secondary N) is 3. The summed E-state index contributed by atoms with van der Waals surface area (Å²) in [6.07, 6.45) is 3.02. The van der Waals surface area contributed by atoms with Crippen molar-refractivity contribution in [2.75, 3.05) is 39.2 Å². The number of carbonyl (C=O) groups is 2. The first-order valence-corrected chi connectivity index (χ1v) is 8.58. The molecule has 1 unspecified atom stereocenters. The van der Waals surface area contributed by atoms with Crippen molar-refractivity contribution < 1.29 is 19.1 Å². The number of methoxy groups -OCH3 is 2. The van der Waals surface area contributed by atoms with Crippen LogP contribution in [-0.4, -0.2) is 45.7 Å². The van der Waals surface area contributed by atoms with Gasteiger partial charge in [-0.2, -0.15) is 0 Å². The molecule has 0 aromatic heterocycles. The molecular formula is C18H25N3O4. The van der Waals surface area contributed by atoms with E-state index in [-0.39, 0.29) is 29.7 Å². The summed E-state index contributed by atoms with van der Waals surface area (Å²) in [6, 6.07) is 5.13. The molecule has 1 spiro atoms. The lowest BCUT2D eigenvalue weighted by Gasteiger charge is -2.23. The molecule has 3 rings (SSSR count). The fourth-order valence-electron chi connectivity index (χ4n) is 3.57. The number of hydrogen-bond donors (Lipinski definition) is 3. The molecule has 1 aliphatic carbocycles. The minimum absolute atomic E-state index is 0.0136. The van der Waals surface area contributed by atoms with Crippen LogP contribution in [0.15, 0.2) is 18.2 Å². The molecule has 3 N–H and O–H groups in total. The van der Waals surface area contributed by atoms with E-state index in [0.29, 0.717) is 17.2 Å². The molecule has 1 aliphatic heterocycles. The second-order valence-electron chi connectivity index (χ2n) is 6.74. The van der Waals surface area contributed by atoms with Crippen molar-refractivity contribution in [3.05, 3.63) is 18.2 Å². The minimum atomic E-state index is -0.274. The normalized spacial score (nSPS) is 20.6. The molecule has 2 aliphatic rings. The smallest absolute Gasteiger partial charge is 0.243 e. The van der Waals surface area contributed by atoms with Gasteiger partial charge in [0.1, 0.15) is 11.5 Å². The molecule has 1 atom stereocenters. The summed E-state index contributed by atoms with van der Waals surface area (Å²) in [5, 5.41) is 8.83. The lowest BCUT2D eigenvalue weighted by Crippen LogP contribution is -2.37. The van der Waals surface area contributed by atoms with Crippen molar-refractivity contribution in [2.24, 2.45) is 11.3 Å². The molecule has 0 bridgehead atoms. The highest BCUT2D eigenvalue weighted by molar-refractivity contribution is 5.95. The zero-order chi connectivity index (χ0) is 17.9. The van der Waals surface area contributed by atoms with Gasteiger partial charge in [0.05, 0.1) is 20.8 Å². The van der Waals surface area contributed by atoms with Gasteiger partial charge in [0.2, 0.25) is 11.8 Å². The van der Waals surface area contributed by atoms with Gasteiger partial charge in [-0.25, -0.2) is 0 Å². The van der Waals surface area contributed by atoms with E-state index in [9.17, 15) is 9.59 Å². The standard InChI is InChI=1S/C18H25N3O4/c1-24-13-7-12(8-14(9-13)25-2)21-16(22)11-20-17(23)15-10-18(15)3-5-19-6-4-18/h7-9,15,19H,3-6,10-11H2,1-2H3,(H,20,23)(H,21,22). The molecule has 0 radical (unpaired) electrons. The molecule has 7 heteroatoms. The van der Waals surface area contributed by atoms with Crippen LogP contribution in [0.25, 0.3) is 0 Å². The molecule has 2 amide bonds. The van der Waals surface area contributed by atoms with Gasteiger partial charge in [-0.05, 0) is 37.8 Å². The van der Waals surface area contributed by atoms with Crippen molar-refractivity contribution in [1.29, 1.82) is 0 Å². The van der Waals surface area contributed by atoms with E-state index < -0.39 is 0 Å². The third-order valence-electron chi connectivity index (χ3n) is 5.16. The Balaban J connectivity index is 1.49. The Labute approximate surface area is 147 Å². The molecule has 1 saturated heterocycles. The van der Waals surface area contributed by atoms with E-state index in [1.54, 1.807) is 32.4 Å². The molecule has 1 aromatic rings. The predicted molar refractivity (Wildman–Crippen MR) is 93.8 cm³/mol. The van der Waals surface area contributed by atoms with Crippen LogP contribution in [0.4, 0.5) is 5.69 Å². The average Bonchev–Trinajstić information content (AvgIpc) is 3.32. The number of rotatable bonds is 6. The third kappa shape index (κ3) is 4.04. The first kappa shape index (κ1) is 17.5. The second-order valence-corrected chi connectivity index (χ2v) is 6.74. The second kappa shape index (κ2) is 7.31. The molecular weight excluding hydrogens is 322 g/mol. The van der Waals surface area contributed by atoms with Crippen LogP contribution in [0, 0.1) is 11.3 Å². The van der Waals surface area contributed by atoms with Crippen LogP contribution in [0.1, 0.15) is 19.3 Å². The van der Waals surface area contributed by atoms with Gasteiger partial charge < -0.3 is 25.4 Å². The van der Waals surface area contributed by atoms with E-state index in [1.165, 1.54) is 0 Å². The highest BCUT2D eigenvalue weighted by Crippen LogP contribution is 2.58. The van der Waals surface area contributed by atoms with Gasteiger partial charge in [-0.15, -0.1) is 0 Å². The van der Waals surface area contributed by atoms with Gasteiger partial charge in [0.15, 0.2) is 0 Å². The molecule has 1 heterocycles. The quantitative estimate of drug-likeness (QED) is 0.718. The fraction of sp³-hybridized carbons (Fsp3) is 0.556. The molecule has 2 fully saturated rings. The van der Waals surface area contributed by atoms with Gasteiger partial charge in [0, 0.05) is 29.8 Å². The Hall–Kier alpha value is -2.28. The maximum absolute atomic E-state index is 12.3. The number of hydrogen-bond acceptors (Lipinski definition) is 5. The summed E-state index contributed by atoms with van der Waals surface area (Å²) in [5.41, 5.74) is 0.739. The monoisotopic (exact) mass is 347 g/mol. The fourth-order valence-corrected chi connectivity index (χ4v) is 3.57. The SMILES string of the molecule is COc1cc(NC(=O)CNC(=O)C2CC23CCNCC3)cc(OC)c1. The minimum Gasteiger partial charge on any atom is -0.497 e. The third-order valence-corrected chi connectivity index (χ3v) is 5.16. The molecule has 1 saturated carbocycles. The zero-order valence-corrected chi connectivity index (χ0v) is 14.7. The van der Waals surface area contributed by atoms with Crippen LogP contribution >= 0.6 is 0 Å². The maximum Gasteiger partial charge on any atom is 0.243 e.